The van der Waals surface area contributed by atoms with Gasteiger partial charge in [-0.1, -0.05) is 42.2 Å². The lowest BCUT2D eigenvalue weighted by atomic mass is 9.96. The van der Waals surface area contributed by atoms with E-state index in [2.05, 4.69) is 9.97 Å². The number of aromatic amines is 1. The van der Waals surface area contributed by atoms with Crippen molar-refractivity contribution in [3.63, 3.8) is 0 Å². The number of hydrogen-bond acceptors (Lipinski definition) is 5. The average molecular weight is 509 g/mol. The SMILES string of the molecule is Cc1ccccc1COc1ccc(C([O-])=C2C(=O)C(=O)N(CCC[n+]3cc[nH]c3)C2c2ccncc2)cc1. The third-order valence-electron chi connectivity index (χ3n) is 6.74. The van der Waals surface area contributed by atoms with E-state index in [4.69, 9.17) is 4.74 Å². The minimum atomic E-state index is -0.765. The molecule has 1 unspecified atom stereocenters. The van der Waals surface area contributed by atoms with Crippen LogP contribution in [0.5, 0.6) is 5.75 Å². The number of imidazole rings is 1. The van der Waals surface area contributed by atoms with Crippen LogP contribution in [-0.4, -0.2) is 33.1 Å². The van der Waals surface area contributed by atoms with Crippen molar-refractivity contribution >= 4 is 17.4 Å². The summed E-state index contributed by atoms with van der Waals surface area (Å²) in [6, 6.07) is 17.4. The number of carbonyl (C=O) groups excluding carboxylic acids is 2. The van der Waals surface area contributed by atoms with Crippen LogP contribution in [0.3, 0.4) is 0 Å². The van der Waals surface area contributed by atoms with Gasteiger partial charge in [0.05, 0.1) is 12.6 Å². The van der Waals surface area contributed by atoms with Gasteiger partial charge < -0.3 is 14.7 Å². The molecule has 5 rings (SSSR count). The smallest absolute Gasteiger partial charge is 0.295 e. The van der Waals surface area contributed by atoms with Crippen molar-refractivity contribution in [2.45, 2.75) is 32.5 Å². The van der Waals surface area contributed by atoms with Gasteiger partial charge in [-0.3, -0.25) is 19.6 Å². The maximum atomic E-state index is 13.6. The molecule has 1 atom stereocenters. The Bertz CT molecular complexity index is 1450. The van der Waals surface area contributed by atoms with Crippen molar-refractivity contribution in [3.05, 3.63) is 120 Å². The average Bonchev–Trinajstić information content (AvgIpc) is 3.55. The highest BCUT2D eigenvalue weighted by Gasteiger charge is 2.43. The van der Waals surface area contributed by atoms with Crippen LogP contribution >= 0.6 is 0 Å². The predicted molar refractivity (Wildman–Crippen MR) is 138 cm³/mol. The molecule has 0 bridgehead atoms. The van der Waals surface area contributed by atoms with Gasteiger partial charge in [0.2, 0.25) is 12.1 Å². The first kappa shape index (κ1) is 25.0. The Morgan fingerprint density at radius 3 is 2.55 bits per heavy atom. The quantitative estimate of drug-likeness (QED) is 0.162. The number of aryl methyl sites for hydroxylation is 2. The number of carbonyl (C=O) groups is 2. The number of nitrogens with one attached hydrogen (secondary N) is 1. The Labute approximate surface area is 220 Å². The third kappa shape index (κ3) is 5.20. The molecule has 8 nitrogen and oxygen atoms in total. The van der Waals surface area contributed by atoms with Crippen LogP contribution in [0.4, 0.5) is 0 Å². The lowest BCUT2D eigenvalue weighted by Crippen LogP contribution is -2.36. The topological polar surface area (TPSA) is 102 Å². The minimum absolute atomic E-state index is 0.0379. The number of benzene rings is 2. The highest BCUT2D eigenvalue weighted by atomic mass is 16.5. The summed E-state index contributed by atoms with van der Waals surface area (Å²) in [5.41, 5.74) is 3.18. The van der Waals surface area contributed by atoms with Crippen molar-refractivity contribution in [1.82, 2.24) is 14.9 Å². The van der Waals surface area contributed by atoms with E-state index in [-0.39, 0.29) is 5.57 Å². The zero-order valence-electron chi connectivity index (χ0n) is 21.0. The second kappa shape index (κ2) is 11.1. The number of nitrogens with zero attached hydrogens (tertiary/aromatic N) is 3. The van der Waals surface area contributed by atoms with Gasteiger partial charge in [-0.15, -0.1) is 0 Å². The van der Waals surface area contributed by atoms with Crippen LogP contribution in [0, 0.1) is 6.92 Å². The number of pyridine rings is 1. The summed E-state index contributed by atoms with van der Waals surface area (Å²) in [5, 5.41) is 13.6. The zero-order chi connectivity index (χ0) is 26.5. The molecule has 192 valence electrons. The molecule has 2 aromatic carbocycles. The Morgan fingerprint density at radius 2 is 1.84 bits per heavy atom. The largest absolute Gasteiger partial charge is 0.872 e. The zero-order valence-corrected chi connectivity index (χ0v) is 21.0. The highest BCUT2D eigenvalue weighted by Crippen LogP contribution is 2.38. The fourth-order valence-corrected chi connectivity index (χ4v) is 4.67. The summed E-state index contributed by atoms with van der Waals surface area (Å²) >= 11 is 0. The summed E-state index contributed by atoms with van der Waals surface area (Å²) in [6.07, 6.45) is 9.35. The van der Waals surface area contributed by atoms with Crippen LogP contribution in [-0.2, 0) is 22.7 Å². The molecule has 0 radical (unpaired) electrons. The number of ether oxygens (including phenoxy) is 1. The first-order valence-electron chi connectivity index (χ1n) is 12.5. The van der Waals surface area contributed by atoms with Crippen LogP contribution in [0.1, 0.15) is 34.7 Å². The molecule has 0 saturated carbocycles. The van der Waals surface area contributed by atoms with Crippen LogP contribution in [0.25, 0.3) is 5.76 Å². The second-order valence-electron chi connectivity index (χ2n) is 9.20. The van der Waals surface area contributed by atoms with Gasteiger partial charge in [-0.05, 0) is 53.4 Å². The van der Waals surface area contributed by atoms with Gasteiger partial charge in [-0.25, -0.2) is 4.57 Å². The molecule has 2 aromatic heterocycles. The maximum absolute atomic E-state index is 13.6. The molecule has 3 heterocycles. The summed E-state index contributed by atoms with van der Waals surface area (Å²) in [5.74, 6) is -1.27. The Hall–Kier alpha value is -4.72. The number of ketones is 1. The summed E-state index contributed by atoms with van der Waals surface area (Å²) in [4.78, 5) is 34.8. The van der Waals surface area contributed by atoms with E-state index in [0.717, 1.165) is 11.1 Å². The molecule has 38 heavy (non-hydrogen) atoms. The van der Waals surface area contributed by atoms with E-state index in [0.29, 0.717) is 43.0 Å². The van der Waals surface area contributed by atoms with Gasteiger partial charge in [0.1, 0.15) is 24.8 Å². The molecule has 4 aromatic rings. The number of likely N-dealkylation sites (tertiary alicyclic amines) is 1. The van der Waals surface area contributed by atoms with E-state index < -0.39 is 23.5 Å². The maximum Gasteiger partial charge on any atom is 0.295 e. The standard InChI is InChI=1S/C30H28N4O4/c1-21-5-2-3-6-24(21)19-38-25-9-7-23(8-10-25)28(35)26-27(22-11-13-31-14-12-22)34(30(37)29(26)36)17-4-16-33-18-15-32-20-33/h2-3,5-15,18,20,27H,4,16-17,19H2,1H3,(H,35,36). The van der Waals surface area contributed by atoms with E-state index in [9.17, 15) is 14.7 Å². The number of hydrogen-bond donors (Lipinski definition) is 1. The molecule has 0 spiro atoms. The molecule has 1 amide bonds. The normalized spacial score (nSPS) is 16.7. The molecular formula is C30H28N4O4. The molecule has 1 saturated heterocycles. The van der Waals surface area contributed by atoms with Crippen molar-refractivity contribution in [3.8, 4) is 5.75 Å². The van der Waals surface area contributed by atoms with Gasteiger partial charge in [0, 0.05) is 30.9 Å². The van der Waals surface area contributed by atoms with Crippen molar-refractivity contribution < 1.29 is 24.0 Å². The monoisotopic (exact) mass is 508 g/mol. The molecular weight excluding hydrogens is 480 g/mol. The number of aromatic nitrogens is 3. The number of amides is 1. The van der Waals surface area contributed by atoms with Gasteiger partial charge >= 0.3 is 0 Å². The number of rotatable bonds is 9. The van der Waals surface area contributed by atoms with Crippen LogP contribution in [0.2, 0.25) is 0 Å². The molecule has 0 aliphatic carbocycles. The van der Waals surface area contributed by atoms with E-state index in [1.807, 2.05) is 54.5 Å². The van der Waals surface area contributed by atoms with Crippen LogP contribution < -0.4 is 14.4 Å². The van der Waals surface area contributed by atoms with Crippen molar-refractivity contribution in [2.24, 2.45) is 0 Å². The van der Waals surface area contributed by atoms with Crippen LogP contribution in [0.15, 0.2) is 97.4 Å². The minimum Gasteiger partial charge on any atom is -0.872 e. The fraction of sp³-hybridized carbons (Fsp3) is 0.200. The number of H-pyrrole nitrogens is 1. The Morgan fingerprint density at radius 1 is 1.08 bits per heavy atom. The predicted octanol–water partition coefficient (Wildman–Crippen LogP) is 2.90. The summed E-state index contributed by atoms with van der Waals surface area (Å²) < 4.78 is 7.86. The lowest BCUT2D eigenvalue weighted by Gasteiger charge is -2.27. The fourth-order valence-electron chi connectivity index (χ4n) is 4.67. The highest BCUT2D eigenvalue weighted by molar-refractivity contribution is 6.46. The summed E-state index contributed by atoms with van der Waals surface area (Å²) in [6.45, 7) is 3.43. The lowest BCUT2D eigenvalue weighted by molar-refractivity contribution is -0.695. The molecule has 1 fully saturated rings. The molecule has 1 N–H and O–H groups in total. The van der Waals surface area contributed by atoms with Crippen molar-refractivity contribution in [2.75, 3.05) is 6.54 Å². The van der Waals surface area contributed by atoms with E-state index in [1.54, 1.807) is 48.8 Å². The van der Waals surface area contributed by atoms with Gasteiger partial charge in [-0.2, -0.15) is 0 Å². The van der Waals surface area contributed by atoms with E-state index >= 15 is 0 Å². The van der Waals surface area contributed by atoms with Crippen molar-refractivity contribution in [1.29, 1.82) is 0 Å². The third-order valence-corrected chi connectivity index (χ3v) is 6.74. The molecule has 1 aliphatic heterocycles. The van der Waals surface area contributed by atoms with E-state index in [1.165, 1.54) is 4.90 Å². The molecule has 8 heteroatoms. The Balaban J connectivity index is 1.40. The van der Waals surface area contributed by atoms with Gasteiger partial charge in [0.25, 0.3) is 5.91 Å². The first-order chi connectivity index (χ1) is 18.5. The molecule has 1 aliphatic rings. The second-order valence-corrected chi connectivity index (χ2v) is 9.20. The van der Waals surface area contributed by atoms with Gasteiger partial charge in [0.15, 0.2) is 0 Å². The summed E-state index contributed by atoms with van der Waals surface area (Å²) in [7, 11) is 0. The first-order valence-corrected chi connectivity index (χ1v) is 12.5. The number of Topliss-reactive ketones (excluding diaryl/α,β-unsaturated/α-hetero) is 1. The Kier molecular flexibility index (Phi) is 7.31.